The van der Waals surface area contributed by atoms with Crippen molar-refractivity contribution in [3.63, 3.8) is 0 Å². The zero-order chi connectivity index (χ0) is 31.1. The summed E-state index contributed by atoms with van der Waals surface area (Å²) in [6, 6.07) is 4.12. The van der Waals surface area contributed by atoms with E-state index in [0.29, 0.717) is 45.1 Å². The van der Waals surface area contributed by atoms with Crippen LogP contribution in [0.3, 0.4) is 0 Å². The van der Waals surface area contributed by atoms with Crippen LogP contribution in [0.5, 0.6) is 0 Å². The van der Waals surface area contributed by atoms with Crippen LogP contribution in [0.2, 0.25) is 0 Å². The average Bonchev–Trinajstić information content (AvgIpc) is 3.36. The van der Waals surface area contributed by atoms with Crippen molar-refractivity contribution in [2.45, 2.75) is 103 Å². The number of rotatable bonds is 10. The quantitative estimate of drug-likeness (QED) is 0.361. The number of aromatic nitrogens is 1. The van der Waals surface area contributed by atoms with Gasteiger partial charge in [-0.1, -0.05) is 44.9 Å². The van der Waals surface area contributed by atoms with Gasteiger partial charge >= 0.3 is 0 Å². The number of fused-ring (bicyclic) bond motifs is 2. The Morgan fingerprint density at radius 1 is 1.00 bits per heavy atom. The lowest BCUT2D eigenvalue weighted by atomic mass is 9.93. The minimum absolute atomic E-state index is 0.0614. The smallest absolute Gasteiger partial charge is 0.246 e. The molecule has 0 spiro atoms. The van der Waals surface area contributed by atoms with Crippen LogP contribution in [-0.4, -0.2) is 76.9 Å². The van der Waals surface area contributed by atoms with Crippen molar-refractivity contribution >= 4 is 40.3 Å². The lowest BCUT2D eigenvalue weighted by molar-refractivity contribution is -0.147. The number of carbonyl (C=O) groups is 5. The number of para-hydroxylation sites is 1. The van der Waals surface area contributed by atoms with Crippen LogP contribution in [0.4, 0.5) is 0 Å². The van der Waals surface area contributed by atoms with Crippen molar-refractivity contribution in [3.05, 3.63) is 36.0 Å². The molecule has 5 atom stereocenters. The molecular formula is C32H45N5O6. The van der Waals surface area contributed by atoms with E-state index in [9.17, 15) is 24.0 Å². The van der Waals surface area contributed by atoms with Crippen LogP contribution >= 0.6 is 0 Å². The predicted molar refractivity (Wildman–Crippen MR) is 162 cm³/mol. The third kappa shape index (κ3) is 7.55. The van der Waals surface area contributed by atoms with Gasteiger partial charge in [-0.15, -0.1) is 0 Å². The maximum Gasteiger partial charge on any atom is 0.246 e. The highest BCUT2D eigenvalue weighted by molar-refractivity contribution is 5.98. The SMILES string of the molecule is CCC(C)[C@@H]1NC(=O)[C@H](Cc2cn(OC)c3ccccc23)NC(=O)[C@H](CCCCC(C)=O)NC(=O)[C@H]2CCCCN2C1=O. The highest BCUT2D eigenvalue weighted by Crippen LogP contribution is 2.24. The zero-order valence-corrected chi connectivity index (χ0v) is 25.7. The van der Waals surface area contributed by atoms with Crippen molar-refractivity contribution in [3.8, 4) is 0 Å². The Hall–Kier alpha value is -3.89. The van der Waals surface area contributed by atoms with Gasteiger partial charge in [0.25, 0.3) is 0 Å². The highest BCUT2D eigenvalue weighted by Gasteiger charge is 2.40. The van der Waals surface area contributed by atoms with E-state index >= 15 is 0 Å². The van der Waals surface area contributed by atoms with E-state index in [2.05, 4.69) is 16.0 Å². The number of ketones is 1. The summed E-state index contributed by atoms with van der Waals surface area (Å²) < 4.78 is 1.61. The molecule has 3 heterocycles. The fraction of sp³-hybridized carbons (Fsp3) is 0.594. The molecule has 11 heteroatoms. The molecule has 11 nitrogen and oxygen atoms in total. The van der Waals surface area contributed by atoms with Gasteiger partial charge in [-0.25, -0.2) is 0 Å². The normalized spacial score (nSPS) is 24.2. The molecule has 2 aromatic rings. The van der Waals surface area contributed by atoms with Crippen molar-refractivity contribution in [2.24, 2.45) is 5.92 Å². The molecule has 43 heavy (non-hydrogen) atoms. The van der Waals surface area contributed by atoms with Gasteiger partial charge in [0.05, 0.1) is 5.52 Å². The molecule has 234 valence electrons. The molecule has 4 rings (SSSR count). The molecule has 2 fully saturated rings. The molecule has 0 radical (unpaired) electrons. The number of Topliss-reactive ketones (excluding diaryl/α,β-unsaturated/α-hetero) is 1. The summed E-state index contributed by atoms with van der Waals surface area (Å²) in [5.41, 5.74) is 1.61. The Morgan fingerprint density at radius 3 is 2.44 bits per heavy atom. The first-order valence-corrected chi connectivity index (χ1v) is 15.5. The van der Waals surface area contributed by atoms with Crippen LogP contribution in [0, 0.1) is 5.92 Å². The summed E-state index contributed by atoms with van der Waals surface area (Å²) in [7, 11) is 1.55. The zero-order valence-electron chi connectivity index (χ0n) is 25.7. The Balaban J connectivity index is 1.70. The molecule has 4 amide bonds. The standard InChI is InChI=1S/C32H45N5O6/c1-5-20(2)28-32(42)36-17-11-10-16-27(36)31(41)33-24(14-8-6-12-21(3)38)29(39)34-25(30(40)35-28)18-22-19-37(43-4)26-15-9-7-13-23(22)26/h7,9,13,15,19-20,24-25,27-28H,5-6,8,10-12,14,16-18H2,1-4H3,(H,33,41)(H,34,39)(H,35,40)/t20?,24-,25-,27+,28-/m0/s1. The van der Waals surface area contributed by atoms with E-state index in [1.165, 1.54) is 6.92 Å². The summed E-state index contributed by atoms with van der Waals surface area (Å²) in [4.78, 5) is 73.9. The van der Waals surface area contributed by atoms with Crippen molar-refractivity contribution in [1.82, 2.24) is 25.6 Å². The van der Waals surface area contributed by atoms with Crippen LogP contribution in [-0.2, 0) is 30.4 Å². The number of unbranched alkanes of at least 4 members (excludes halogenated alkanes) is 1. The monoisotopic (exact) mass is 595 g/mol. The van der Waals surface area contributed by atoms with Gasteiger partial charge in [0.1, 0.15) is 37.1 Å². The maximum atomic E-state index is 14.0. The molecule has 0 aliphatic carbocycles. The minimum atomic E-state index is -1.02. The second-order valence-electron chi connectivity index (χ2n) is 11.9. The summed E-state index contributed by atoms with van der Waals surface area (Å²) in [6.07, 6.45) is 6.43. The predicted octanol–water partition coefficient (Wildman–Crippen LogP) is 2.29. The van der Waals surface area contributed by atoms with Gasteiger partial charge in [-0.05, 0) is 56.6 Å². The summed E-state index contributed by atoms with van der Waals surface area (Å²) in [5.74, 6) is -1.70. The molecule has 0 saturated carbocycles. The number of nitrogens with one attached hydrogen (secondary N) is 3. The highest BCUT2D eigenvalue weighted by atomic mass is 16.6. The van der Waals surface area contributed by atoms with E-state index in [0.717, 1.165) is 29.3 Å². The van der Waals surface area contributed by atoms with Gasteiger partial charge < -0.3 is 30.5 Å². The molecular weight excluding hydrogens is 550 g/mol. The lowest BCUT2D eigenvalue weighted by Gasteiger charge is -2.39. The number of amides is 4. The van der Waals surface area contributed by atoms with Gasteiger partial charge in [0, 0.05) is 31.0 Å². The molecule has 0 bridgehead atoms. The fourth-order valence-electron chi connectivity index (χ4n) is 6.08. The number of hydrogen-bond donors (Lipinski definition) is 3. The topological polar surface area (TPSA) is 139 Å². The number of nitrogens with zero attached hydrogens (tertiary/aromatic N) is 2. The molecule has 2 aliphatic rings. The molecule has 2 aliphatic heterocycles. The summed E-state index contributed by atoms with van der Waals surface area (Å²) in [5, 5.41) is 9.65. The van der Waals surface area contributed by atoms with Crippen LogP contribution in [0.15, 0.2) is 30.5 Å². The van der Waals surface area contributed by atoms with Crippen molar-refractivity contribution < 1.29 is 28.8 Å². The van der Waals surface area contributed by atoms with E-state index in [-0.39, 0.29) is 29.9 Å². The van der Waals surface area contributed by atoms with E-state index < -0.39 is 36.0 Å². The van der Waals surface area contributed by atoms with Gasteiger partial charge in [0.2, 0.25) is 23.6 Å². The fourth-order valence-corrected chi connectivity index (χ4v) is 6.08. The molecule has 3 N–H and O–H groups in total. The van der Waals surface area contributed by atoms with E-state index in [1.54, 1.807) is 22.9 Å². The summed E-state index contributed by atoms with van der Waals surface area (Å²) in [6.45, 7) is 5.80. The maximum absolute atomic E-state index is 14.0. The Bertz CT molecular complexity index is 1340. The first kappa shape index (κ1) is 32.0. The second-order valence-corrected chi connectivity index (χ2v) is 11.9. The number of benzene rings is 1. The van der Waals surface area contributed by atoms with Gasteiger partial charge in [-0.3, -0.25) is 19.2 Å². The van der Waals surface area contributed by atoms with Crippen LogP contribution in [0.1, 0.15) is 77.7 Å². The molecule has 1 aromatic carbocycles. The average molecular weight is 596 g/mol. The van der Waals surface area contributed by atoms with E-state index in [4.69, 9.17) is 4.84 Å². The Morgan fingerprint density at radius 2 is 1.72 bits per heavy atom. The third-order valence-corrected chi connectivity index (χ3v) is 8.78. The third-order valence-electron chi connectivity index (χ3n) is 8.78. The molecule has 1 aromatic heterocycles. The van der Waals surface area contributed by atoms with Gasteiger partial charge in [0.15, 0.2) is 0 Å². The number of hydrogen-bond acceptors (Lipinski definition) is 6. The Kier molecular flexibility index (Phi) is 10.8. The first-order chi connectivity index (χ1) is 20.6. The number of carbonyl (C=O) groups excluding carboxylic acids is 5. The molecule has 2 saturated heterocycles. The first-order valence-electron chi connectivity index (χ1n) is 15.5. The van der Waals surface area contributed by atoms with Crippen LogP contribution < -0.4 is 20.8 Å². The van der Waals surface area contributed by atoms with E-state index in [1.807, 2.05) is 38.1 Å². The van der Waals surface area contributed by atoms with Crippen LogP contribution in [0.25, 0.3) is 10.9 Å². The number of piperidine rings is 1. The van der Waals surface area contributed by atoms with Crippen molar-refractivity contribution in [1.29, 1.82) is 0 Å². The van der Waals surface area contributed by atoms with Gasteiger partial charge in [-0.2, -0.15) is 4.73 Å². The molecule has 1 unspecified atom stereocenters. The lowest BCUT2D eigenvalue weighted by Crippen LogP contribution is -2.64. The van der Waals surface area contributed by atoms with Crippen molar-refractivity contribution in [2.75, 3.05) is 13.7 Å². The summed E-state index contributed by atoms with van der Waals surface area (Å²) >= 11 is 0. The second kappa shape index (κ2) is 14.5. The minimum Gasteiger partial charge on any atom is -0.417 e. The Labute approximate surface area is 253 Å². The largest absolute Gasteiger partial charge is 0.417 e.